The molecule has 112 valence electrons. The smallest absolute Gasteiger partial charge is 0.254 e. The Morgan fingerprint density at radius 2 is 1.71 bits per heavy atom. The quantitative estimate of drug-likeness (QED) is 0.846. The van der Waals surface area contributed by atoms with Gasteiger partial charge >= 0.3 is 0 Å². The average Bonchev–Trinajstić information content (AvgIpc) is 2.39. The lowest BCUT2D eigenvalue weighted by atomic mass is 9.53. The zero-order chi connectivity index (χ0) is 14.6. The van der Waals surface area contributed by atoms with E-state index in [0.29, 0.717) is 0 Å². The second kappa shape index (κ2) is 4.80. The van der Waals surface area contributed by atoms with Gasteiger partial charge in [-0.2, -0.15) is 0 Å². The van der Waals surface area contributed by atoms with Crippen LogP contribution in [0, 0.1) is 23.6 Å². The Morgan fingerprint density at radius 1 is 1.14 bits per heavy atom. The molecule has 1 aromatic carbocycles. The van der Waals surface area contributed by atoms with Gasteiger partial charge in [0.15, 0.2) is 0 Å². The normalized spacial score (nSPS) is 36.8. The fourth-order valence-electron chi connectivity index (χ4n) is 5.24. The number of rotatable bonds is 2. The van der Waals surface area contributed by atoms with Gasteiger partial charge < -0.3 is 5.32 Å². The van der Waals surface area contributed by atoms with Crippen LogP contribution in [-0.2, 0) is 0 Å². The second-order valence-electron chi connectivity index (χ2n) is 7.28. The van der Waals surface area contributed by atoms with Gasteiger partial charge in [-0.25, -0.2) is 4.39 Å². The Balaban J connectivity index is 1.58. The summed E-state index contributed by atoms with van der Waals surface area (Å²) in [6.45, 7) is 0. The Labute approximate surface area is 132 Å². The first-order chi connectivity index (χ1) is 10.0. The summed E-state index contributed by atoms with van der Waals surface area (Å²) in [6.07, 6.45) is 7.25. The van der Waals surface area contributed by atoms with Crippen LogP contribution in [0.15, 0.2) is 22.7 Å². The van der Waals surface area contributed by atoms with Crippen molar-refractivity contribution in [2.45, 2.75) is 44.1 Å². The maximum absolute atomic E-state index is 13.9. The second-order valence-corrected chi connectivity index (χ2v) is 8.19. The number of halogens is 2. The van der Waals surface area contributed by atoms with Crippen molar-refractivity contribution in [2.75, 3.05) is 0 Å². The lowest BCUT2D eigenvalue weighted by molar-refractivity contribution is -0.0167. The fourth-order valence-corrected chi connectivity index (χ4v) is 5.60. The maximum atomic E-state index is 13.9. The molecule has 0 atom stereocenters. The number of benzene rings is 1. The zero-order valence-electron chi connectivity index (χ0n) is 11.9. The summed E-state index contributed by atoms with van der Waals surface area (Å²) in [7, 11) is 0. The molecule has 5 rings (SSSR count). The third-order valence-electron chi connectivity index (χ3n) is 5.59. The number of hydrogen-bond acceptors (Lipinski definition) is 1. The minimum atomic E-state index is -0.444. The van der Waals surface area contributed by atoms with Crippen LogP contribution < -0.4 is 5.32 Å². The third-order valence-corrected chi connectivity index (χ3v) is 6.08. The van der Waals surface area contributed by atoms with Crippen LogP contribution in [0.1, 0.15) is 48.9 Å². The topological polar surface area (TPSA) is 29.1 Å². The van der Waals surface area contributed by atoms with Crippen molar-refractivity contribution in [3.63, 3.8) is 0 Å². The number of carbonyl (C=O) groups is 1. The lowest BCUT2D eigenvalue weighted by Gasteiger charge is -2.56. The van der Waals surface area contributed by atoms with Gasteiger partial charge in [-0.15, -0.1) is 0 Å². The predicted molar refractivity (Wildman–Crippen MR) is 82.5 cm³/mol. The SMILES string of the molecule is O=C(NC12CC3CC(CC(C3)C1)C2)c1cc(Br)ccc1F. The van der Waals surface area contributed by atoms with E-state index < -0.39 is 5.82 Å². The van der Waals surface area contributed by atoms with E-state index in [2.05, 4.69) is 21.2 Å². The van der Waals surface area contributed by atoms with Crippen LogP contribution in [0.25, 0.3) is 0 Å². The van der Waals surface area contributed by atoms with Crippen molar-refractivity contribution in [1.29, 1.82) is 0 Å². The molecule has 0 unspecified atom stereocenters. The first kappa shape index (κ1) is 13.7. The highest BCUT2D eigenvalue weighted by atomic mass is 79.9. The van der Waals surface area contributed by atoms with Gasteiger partial charge in [-0.1, -0.05) is 15.9 Å². The van der Waals surface area contributed by atoms with Gasteiger partial charge in [0, 0.05) is 10.0 Å². The van der Waals surface area contributed by atoms with Crippen LogP contribution in [0.4, 0.5) is 4.39 Å². The molecule has 4 heteroatoms. The van der Waals surface area contributed by atoms with E-state index >= 15 is 0 Å². The monoisotopic (exact) mass is 351 g/mol. The van der Waals surface area contributed by atoms with Gasteiger partial charge in [-0.3, -0.25) is 4.79 Å². The fraction of sp³-hybridized carbons (Fsp3) is 0.588. The van der Waals surface area contributed by atoms with Crippen LogP contribution >= 0.6 is 15.9 Å². The molecule has 0 aromatic heterocycles. The molecule has 4 bridgehead atoms. The van der Waals surface area contributed by atoms with Crippen LogP contribution in [0.2, 0.25) is 0 Å². The minimum Gasteiger partial charge on any atom is -0.346 e. The summed E-state index contributed by atoms with van der Waals surface area (Å²) in [4.78, 5) is 12.5. The molecular formula is C17H19BrFNO. The molecule has 2 nitrogen and oxygen atoms in total. The highest BCUT2D eigenvalue weighted by molar-refractivity contribution is 9.10. The van der Waals surface area contributed by atoms with E-state index in [4.69, 9.17) is 0 Å². The van der Waals surface area contributed by atoms with Crippen molar-refractivity contribution in [2.24, 2.45) is 17.8 Å². The van der Waals surface area contributed by atoms with E-state index in [9.17, 15) is 9.18 Å². The molecule has 4 aliphatic rings. The summed E-state index contributed by atoms with van der Waals surface area (Å²) in [5.41, 5.74) is 0.0840. The van der Waals surface area contributed by atoms with E-state index in [1.54, 1.807) is 12.1 Å². The van der Waals surface area contributed by atoms with Crippen LogP contribution in [0.5, 0.6) is 0 Å². The van der Waals surface area contributed by atoms with E-state index in [1.165, 1.54) is 25.3 Å². The summed E-state index contributed by atoms with van der Waals surface area (Å²) in [5.74, 6) is 1.60. The molecule has 1 aromatic rings. The molecule has 4 fully saturated rings. The molecule has 0 spiro atoms. The van der Waals surface area contributed by atoms with E-state index in [-0.39, 0.29) is 17.0 Å². The van der Waals surface area contributed by atoms with Crippen molar-refractivity contribution in [1.82, 2.24) is 5.32 Å². The summed E-state index contributed by atoms with van der Waals surface area (Å²) < 4.78 is 14.6. The van der Waals surface area contributed by atoms with Gasteiger partial charge in [0.2, 0.25) is 0 Å². The minimum absolute atomic E-state index is 0.0689. The lowest BCUT2D eigenvalue weighted by Crippen LogP contribution is -2.59. The Morgan fingerprint density at radius 3 is 2.29 bits per heavy atom. The molecule has 0 saturated heterocycles. The summed E-state index contributed by atoms with van der Waals surface area (Å²) >= 11 is 3.31. The van der Waals surface area contributed by atoms with Gasteiger partial charge in [0.25, 0.3) is 5.91 Å². The maximum Gasteiger partial charge on any atom is 0.254 e. The largest absolute Gasteiger partial charge is 0.346 e. The molecular weight excluding hydrogens is 333 g/mol. The molecule has 0 heterocycles. The Hall–Kier alpha value is -0.900. The summed E-state index contributed by atoms with van der Waals surface area (Å²) in [5, 5.41) is 3.21. The molecule has 4 aliphatic carbocycles. The highest BCUT2D eigenvalue weighted by Gasteiger charge is 2.51. The first-order valence-electron chi connectivity index (χ1n) is 7.81. The van der Waals surface area contributed by atoms with Crippen LogP contribution in [-0.4, -0.2) is 11.4 Å². The highest BCUT2D eigenvalue weighted by Crippen LogP contribution is 2.55. The molecule has 1 N–H and O–H groups in total. The van der Waals surface area contributed by atoms with Gasteiger partial charge in [0.05, 0.1) is 5.56 Å². The predicted octanol–water partition coefficient (Wildman–Crippen LogP) is 4.29. The molecule has 21 heavy (non-hydrogen) atoms. The Kier molecular flexibility index (Phi) is 3.14. The molecule has 0 aliphatic heterocycles. The zero-order valence-corrected chi connectivity index (χ0v) is 13.5. The standard InChI is InChI=1S/C17H19BrFNO/c18-13-1-2-15(19)14(6-13)16(21)20-17-7-10-3-11(8-17)5-12(4-10)9-17/h1-2,6,10-12H,3-5,7-9H2,(H,20,21). The van der Waals surface area contributed by atoms with Crippen LogP contribution in [0.3, 0.4) is 0 Å². The summed E-state index contributed by atoms with van der Waals surface area (Å²) in [6, 6.07) is 4.54. The third kappa shape index (κ3) is 2.41. The van der Waals surface area contributed by atoms with E-state index in [0.717, 1.165) is 41.5 Å². The van der Waals surface area contributed by atoms with E-state index in [1.807, 2.05) is 0 Å². The number of amides is 1. The molecule has 4 saturated carbocycles. The van der Waals surface area contributed by atoms with Gasteiger partial charge in [0.1, 0.15) is 5.82 Å². The number of nitrogens with one attached hydrogen (secondary N) is 1. The van der Waals surface area contributed by atoms with Crippen molar-refractivity contribution in [3.8, 4) is 0 Å². The molecule has 0 radical (unpaired) electrons. The Bertz CT molecular complexity index is 565. The van der Waals surface area contributed by atoms with Crippen molar-refractivity contribution < 1.29 is 9.18 Å². The first-order valence-corrected chi connectivity index (χ1v) is 8.60. The average molecular weight is 352 g/mol. The number of carbonyl (C=O) groups excluding carboxylic acids is 1. The van der Waals surface area contributed by atoms with Crippen molar-refractivity contribution in [3.05, 3.63) is 34.1 Å². The van der Waals surface area contributed by atoms with Crippen molar-refractivity contribution >= 4 is 21.8 Å². The number of hydrogen-bond donors (Lipinski definition) is 1. The van der Waals surface area contributed by atoms with Gasteiger partial charge in [-0.05, 0) is 74.5 Å². The molecule has 1 amide bonds.